The summed E-state index contributed by atoms with van der Waals surface area (Å²) in [4.78, 5) is 0. The quantitative estimate of drug-likeness (QED) is 0.824. The third-order valence-electron chi connectivity index (χ3n) is 2.85. The van der Waals surface area contributed by atoms with Gasteiger partial charge in [0, 0.05) is 23.4 Å². The van der Waals surface area contributed by atoms with Crippen LogP contribution >= 0.6 is 11.8 Å². The van der Waals surface area contributed by atoms with Gasteiger partial charge in [-0.15, -0.1) is 0 Å². The predicted octanol–water partition coefficient (Wildman–Crippen LogP) is 3.11. The topological polar surface area (TPSA) is 30.5 Å². The molecular weight excluding hydrogens is 246 g/mol. The number of benzene rings is 1. The molecular formula is C14H23NO2S. The average Bonchev–Trinajstić information content (AvgIpc) is 2.38. The number of rotatable bonds is 7. The number of nitrogens with one attached hydrogen (secondary N) is 1. The van der Waals surface area contributed by atoms with E-state index in [1.54, 1.807) is 14.2 Å². The van der Waals surface area contributed by atoms with E-state index in [1.165, 1.54) is 0 Å². The Labute approximate surface area is 114 Å². The molecule has 0 spiro atoms. The predicted molar refractivity (Wildman–Crippen MR) is 78.9 cm³/mol. The summed E-state index contributed by atoms with van der Waals surface area (Å²) in [6.07, 6.45) is 2.12. The summed E-state index contributed by atoms with van der Waals surface area (Å²) in [5.74, 6) is 2.85. The maximum Gasteiger partial charge on any atom is 0.123 e. The van der Waals surface area contributed by atoms with Crippen molar-refractivity contribution in [1.29, 1.82) is 0 Å². The first-order valence-electron chi connectivity index (χ1n) is 6.09. The van der Waals surface area contributed by atoms with Crippen LogP contribution in [0.2, 0.25) is 0 Å². The Morgan fingerprint density at radius 3 is 2.50 bits per heavy atom. The summed E-state index contributed by atoms with van der Waals surface area (Å²) in [5.41, 5.74) is 1.13. The first kappa shape index (κ1) is 15.2. The largest absolute Gasteiger partial charge is 0.497 e. The van der Waals surface area contributed by atoms with Crippen molar-refractivity contribution in [2.75, 3.05) is 26.2 Å². The fraction of sp³-hybridized carbons (Fsp3) is 0.571. The molecule has 4 heteroatoms. The van der Waals surface area contributed by atoms with Gasteiger partial charge in [-0.25, -0.2) is 0 Å². The lowest BCUT2D eigenvalue weighted by Gasteiger charge is -2.22. The van der Waals surface area contributed by atoms with Gasteiger partial charge < -0.3 is 14.8 Å². The Kier molecular flexibility index (Phi) is 6.36. The van der Waals surface area contributed by atoms with Gasteiger partial charge >= 0.3 is 0 Å². The molecule has 2 unspecified atom stereocenters. The van der Waals surface area contributed by atoms with E-state index < -0.39 is 0 Å². The van der Waals surface area contributed by atoms with Gasteiger partial charge in [-0.3, -0.25) is 0 Å². The van der Waals surface area contributed by atoms with Gasteiger partial charge in [0.2, 0.25) is 0 Å². The Morgan fingerprint density at radius 1 is 1.22 bits per heavy atom. The van der Waals surface area contributed by atoms with Crippen LogP contribution in [0.1, 0.15) is 25.5 Å². The zero-order valence-electron chi connectivity index (χ0n) is 11.8. The average molecular weight is 269 g/mol. The molecule has 1 aromatic carbocycles. The molecule has 2 atom stereocenters. The van der Waals surface area contributed by atoms with Crippen molar-refractivity contribution in [1.82, 2.24) is 5.32 Å². The highest BCUT2D eigenvalue weighted by Gasteiger charge is 2.14. The van der Waals surface area contributed by atoms with Crippen molar-refractivity contribution in [2.45, 2.75) is 25.9 Å². The monoisotopic (exact) mass is 269 g/mol. The second-order valence-electron chi connectivity index (χ2n) is 4.35. The molecule has 1 rings (SSSR count). The van der Waals surface area contributed by atoms with Crippen molar-refractivity contribution >= 4 is 11.8 Å². The third kappa shape index (κ3) is 4.10. The van der Waals surface area contributed by atoms with E-state index in [-0.39, 0.29) is 6.04 Å². The van der Waals surface area contributed by atoms with Crippen LogP contribution in [-0.2, 0) is 0 Å². The SMILES string of the molecule is COc1ccc(OC)c(C(C)NC(C)CSC)c1. The Hall–Kier alpha value is -0.870. The van der Waals surface area contributed by atoms with Gasteiger partial charge in [0.05, 0.1) is 14.2 Å². The minimum absolute atomic E-state index is 0.234. The normalized spacial score (nSPS) is 14.1. The van der Waals surface area contributed by atoms with E-state index in [9.17, 15) is 0 Å². The number of hydrogen-bond donors (Lipinski definition) is 1. The fourth-order valence-corrected chi connectivity index (χ4v) is 2.59. The van der Waals surface area contributed by atoms with Crippen LogP contribution in [-0.4, -0.2) is 32.3 Å². The molecule has 0 aromatic heterocycles. The number of ether oxygens (including phenoxy) is 2. The molecule has 0 amide bonds. The highest BCUT2D eigenvalue weighted by atomic mass is 32.2. The molecule has 0 aliphatic rings. The first-order chi connectivity index (χ1) is 8.62. The molecule has 0 saturated carbocycles. The van der Waals surface area contributed by atoms with Crippen LogP contribution in [0.3, 0.4) is 0 Å². The lowest BCUT2D eigenvalue weighted by Crippen LogP contribution is -2.31. The second-order valence-corrected chi connectivity index (χ2v) is 5.26. The molecule has 0 saturated heterocycles. The van der Waals surface area contributed by atoms with Crippen LogP contribution in [0, 0.1) is 0 Å². The summed E-state index contributed by atoms with van der Waals surface area (Å²) in [5, 5.41) is 3.57. The molecule has 18 heavy (non-hydrogen) atoms. The number of hydrogen-bond acceptors (Lipinski definition) is 4. The van der Waals surface area contributed by atoms with Crippen molar-refractivity contribution in [3.05, 3.63) is 23.8 Å². The van der Waals surface area contributed by atoms with E-state index in [2.05, 4.69) is 25.4 Å². The Balaban J connectivity index is 2.85. The van der Waals surface area contributed by atoms with E-state index >= 15 is 0 Å². The standard InChI is InChI=1S/C14H23NO2S/c1-10(9-18-5)15-11(2)13-8-12(16-3)6-7-14(13)17-4/h6-8,10-11,15H,9H2,1-5H3. The zero-order chi connectivity index (χ0) is 13.5. The molecule has 0 radical (unpaired) electrons. The summed E-state index contributed by atoms with van der Waals surface area (Å²) < 4.78 is 10.7. The summed E-state index contributed by atoms with van der Waals surface area (Å²) in [6, 6.07) is 6.59. The molecule has 102 valence electrons. The summed E-state index contributed by atoms with van der Waals surface area (Å²) >= 11 is 1.85. The summed E-state index contributed by atoms with van der Waals surface area (Å²) in [7, 11) is 3.38. The van der Waals surface area contributed by atoms with Gasteiger partial charge in [-0.05, 0) is 38.3 Å². The van der Waals surface area contributed by atoms with Crippen LogP contribution in [0.5, 0.6) is 11.5 Å². The van der Waals surface area contributed by atoms with Crippen molar-refractivity contribution in [3.63, 3.8) is 0 Å². The summed E-state index contributed by atoms with van der Waals surface area (Å²) in [6.45, 7) is 4.34. The van der Waals surface area contributed by atoms with Crippen LogP contribution in [0.15, 0.2) is 18.2 Å². The van der Waals surface area contributed by atoms with Gasteiger partial charge in [-0.2, -0.15) is 11.8 Å². The number of methoxy groups -OCH3 is 2. The Morgan fingerprint density at radius 2 is 1.94 bits per heavy atom. The van der Waals surface area contributed by atoms with E-state index in [1.807, 2.05) is 30.0 Å². The molecule has 3 nitrogen and oxygen atoms in total. The van der Waals surface area contributed by atoms with E-state index in [0.29, 0.717) is 6.04 Å². The second kappa shape index (κ2) is 7.54. The molecule has 0 aliphatic carbocycles. The molecule has 1 N–H and O–H groups in total. The van der Waals surface area contributed by atoms with Crippen molar-refractivity contribution in [2.24, 2.45) is 0 Å². The maximum atomic E-state index is 5.41. The van der Waals surface area contributed by atoms with Crippen molar-refractivity contribution in [3.8, 4) is 11.5 Å². The van der Waals surface area contributed by atoms with Crippen LogP contribution in [0.25, 0.3) is 0 Å². The smallest absolute Gasteiger partial charge is 0.123 e. The minimum Gasteiger partial charge on any atom is -0.497 e. The molecule has 0 bridgehead atoms. The molecule has 0 heterocycles. The van der Waals surface area contributed by atoms with Gasteiger partial charge in [0.1, 0.15) is 11.5 Å². The molecule has 0 fully saturated rings. The van der Waals surface area contributed by atoms with Gasteiger partial charge in [0.25, 0.3) is 0 Å². The third-order valence-corrected chi connectivity index (χ3v) is 3.69. The fourth-order valence-electron chi connectivity index (χ4n) is 1.99. The molecule has 0 aliphatic heterocycles. The minimum atomic E-state index is 0.234. The maximum absolute atomic E-state index is 5.41. The van der Waals surface area contributed by atoms with Gasteiger partial charge in [-0.1, -0.05) is 0 Å². The van der Waals surface area contributed by atoms with Crippen LogP contribution in [0.4, 0.5) is 0 Å². The zero-order valence-corrected chi connectivity index (χ0v) is 12.6. The van der Waals surface area contributed by atoms with Gasteiger partial charge in [0.15, 0.2) is 0 Å². The van der Waals surface area contributed by atoms with Crippen LogP contribution < -0.4 is 14.8 Å². The first-order valence-corrected chi connectivity index (χ1v) is 7.48. The number of thioether (sulfide) groups is 1. The lowest BCUT2D eigenvalue weighted by molar-refractivity contribution is 0.389. The Bertz CT molecular complexity index is 371. The molecule has 1 aromatic rings. The van der Waals surface area contributed by atoms with E-state index in [0.717, 1.165) is 22.8 Å². The van der Waals surface area contributed by atoms with Crippen molar-refractivity contribution < 1.29 is 9.47 Å². The highest BCUT2D eigenvalue weighted by Crippen LogP contribution is 2.29. The van der Waals surface area contributed by atoms with E-state index in [4.69, 9.17) is 9.47 Å². The highest BCUT2D eigenvalue weighted by molar-refractivity contribution is 7.98. The lowest BCUT2D eigenvalue weighted by atomic mass is 10.1.